The van der Waals surface area contributed by atoms with Crippen molar-refractivity contribution < 1.29 is 32.9 Å². The van der Waals surface area contributed by atoms with Crippen LogP contribution in [0.3, 0.4) is 0 Å². The number of carbonyl (C=O) groups excluding carboxylic acids is 1. The van der Waals surface area contributed by atoms with E-state index >= 15 is 0 Å². The van der Waals surface area contributed by atoms with Gasteiger partial charge in [0.2, 0.25) is 5.91 Å². The maximum Gasteiger partial charge on any atom is 0.226 e. The van der Waals surface area contributed by atoms with Crippen LogP contribution in [0.5, 0.6) is 0 Å². The van der Waals surface area contributed by atoms with E-state index in [2.05, 4.69) is 0 Å². The van der Waals surface area contributed by atoms with E-state index in [-0.39, 0.29) is 29.7 Å². The van der Waals surface area contributed by atoms with Gasteiger partial charge in [-0.15, -0.1) is 0 Å². The molecule has 2 aromatic carbocycles. The fraction of sp³-hybridized carbons (Fsp3) is 0.423. The molecule has 0 spiro atoms. The van der Waals surface area contributed by atoms with E-state index in [0.29, 0.717) is 25.8 Å². The predicted molar refractivity (Wildman–Crippen MR) is 132 cm³/mol. The van der Waals surface area contributed by atoms with E-state index in [1.54, 1.807) is 11.9 Å². The van der Waals surface area contributed by atoms with Gasteiger partial charge in [-0.05, 0) is 37.0 Å². The molecule has 3 rings (SSSR count). The maximum atomic E-state index is 13.6. The van der Waals surface area contributed by atoms with Gasteiger partial charge in [0.15, 0.2) is 17.5 Å². The third-order valence-electron chi connectivity index (χ3n) is 6.46. The summed E-state index contributed by atoms with van der Waals surface area (Å²) in [6.07, 6.45) is 0.428. The van der Waals surface area contributed by atoms with Crippen molar-refractivity contribution in [3.63, 3.8) is 0 Å². The lowest BCUT2D eigenvalue weighted by atomic mass is 9.93. The molecule has 0 aliphatic carbocycles. The largest absolute Gasteiger partial charge is 0.397 e. The van der Waals surface area contributed by atoms with Crippen LogP contribution in [-0.2, 0) is 16.0 Å². The number of hydrogen-bond acceptors (Lipinski definition) is 7. The van der Waals surface area contributed by atoms with Gasteiger partial charge in [0.05, 0.1) is 30.9 Å². The zero-order chi connectivity index (χ0) is 27.1. The van der Waals surface area contributed by atoms with Crippen molar-refractivity contribution in [3.8, 4) is 0 Å². The van der Waals surface area contributed by atoms with Crippen molar-refractivity contribution in [2.75, 3.05) is 20.2 Å². The molecular formula is C26H33F3N4O4. The minimum Gasteiger partial charge on any atom is -0.397 e. The second kappa shape index (κ2) is 12.9. The van der Waals surface area contributed by atoms with E-state index in [9.17, 15) is 28.2 Å². The fourth-order valence-corrected chi connectivity index (χ4v) is 4.31. The highest BCUT2D eigenvalue weighted by Crippen LogP contribution is 2.27. The van der Waals surface area contributed by atoms with E-state index in [1.807, 2.05) is 30.3 Å². The van der Waals surface area contributed by atoms with Crippen LogP contribution >= 0.6 is 0 Å². The van der Waals surface area contributed by atoms with Crippen LogP contribution in [0.1, 0.15) is 30.4 Å². The minimum absolute atomic E-state index is 0.0142. The Hall–Kier alpha value is -3.12. The minimum atomic E-state index is -1.61. The molecular weight excluding hydrogens is 489 g/mol. The summed E-state index contributed by atoms with van der Waals surface area (Å²) in [5.41, 5.74) is 6.59. The Bertz CT molecular complexity index is 1070. The van der Waals surface area contributed by atoms with Crippen molar-refractivity contribution in [2.45, 2.75) is 50.0 Å². The summed E-state index contributed by atoms with van der Waals surface area (Å²) in [5.74, 6) is 1.70. The molecule has 1 fully saturated rings. The Balaban J connectivity index is 1.60. The monoisotopic (exact) mass is 522 g/mol. The number of halogens is 3. The number of carbonyl (C=O) groups is 1. The number of ether oxygens (including phenoxy) is 1. The van der Waals surface area contributed by atoms with Crippen LogP contribution in [-0.4, -0.2) is 70.6 Å². The Morgan fingerprint density at radius 1 is 1.19 bits per heavy atom. The van der Waals surface area contributed by atoms with Gasteiger partial charge in [0, 0.05) is 25.4 Å². The summed E-state index contributed by atoms with van der Waals surface area (Å²) < 4.78 is 46.3. The number of benzene rings is 2. The highest BCUT2D eigenvalue weighted by atomic mass is 19.2. The molecule has 8 nitrogen and oxygen atoms in total. The Kier molecular flexibility index (Phi) is 9.93. The topological polar surface area (TPSA) is 125 Å². The van der Waals surface area contributed by atoms with Crippen LogP contribution < -0.4 is 11.6 Å². The maximum absolute atomic E-state index is 13.6. The Morgan fingerprint density at radius 2 is 1.84 bits per heavy atom. The van der Waals surface area contributed by atoms with Crippen molar-refractivity contribution in [3.05, 3.63) is 77.2 Å². The Morgan fingerprint density at radius 3 is 2.46 bits per heavy atom. The average molecular weight is 523 g/mol. The summed E-state index contributed by atoms with van der Waals surface area (Å²) in [6.45, 7) is 0.0362. The van der Waals surface area contributed by atoms with Gasteiger partial charge in [-0.25, -0.2) is 19.0 Å². The lowest BCUT2D eigenvalue weighted by molar-refractivity contribution is -0.163. The molecule has 6 N–H and O–H groups in total. The van der Waals surface area contributed by atoms with Crippen molar-refractivity contribution in [2.24, 2.45) is 11.6 Å². The summed E-state index contributed by atoms with van der Waals surface area (Å²) >= 11 is 0. The van der Waals surface area contributed by atoms with Crippen LogP contribution in [0, 0.1) is 17.5 Å². The number of nitrogens with two attached hydrogens (primary N) is 2. The SMILES string of the molecule is CN(CCCC1CC(N(N)/C=C(\N)c2cc(F)c(F)c(F)c2)C(O)C(CO)O1)C(=O)Cc1ccccc1. The molecule has 0 saturated carbocycles. The van der Waals surface area contributed by atoms with Crippen LogP contribution in [0.15, 0.2) is 48.7 Å². The lowest BCUT2D eigenvalue weighted by Gasteiger charge is -2.42. The number of aliphatic hydroxyl groups excluding tert-OH is 2. The number of nitrogens with zero attached hydrogens (tertiary/aromatic N) is 2. The summed E-state index contributed by atoms with van der Waals surface area (Å²) in [7, 11) is 1.73. The first kappa shape index (κ1) is 28.5. The van der Waals surface area contributed by atoms with Gasteiger partial charge in [0.25, 0.3) is 0 Å². The van der Waals surface area contributed by atoms with Crippen molar-refractivity contribution >= 4 is 11.6 Å². The van der Waals surface area contributed by atoms with Gasteiger partial charge in [-0.1, -0.05) is 30.3 Å². The second-order valence-electron chi connectivity index (χ2n) is 9.18. The highest BCUT2D eigenvalue weighted by molar-refractivity contribution is 5.78. The van der Waals surface area contributed by atoms with Gasteiger partial charge in [-0.2, -0.15) is 0 Å². The molecule has 0 bridgehead atoms. The Labute approximate surface area is 213 Å². The van der Waals surface area contributed by atoms with Crippen molar-refractivity contribution in [1.29, 1.82) is 0 Å². The standard InChI is InChI=1S/C26H33F3N4O4/c1-32(24(35)10-16-6-3-2-4-7-16)9-5-8-18-13-22(26(36)23(15-34)37-18)33(31)14-21(30)17-11-19(27)25(29)20(28)12-17/h2-4,6-7,11-12,14,18,22-23,26,34,36H,5,8-10,13,15,30-31H2,1H3/b21-14-. The zero-order valence-electron chi connectivity index (χ0n) is 20.6. The second-order valence-corrected chi connectivity index (χ2v) is 9.18. The van der Waals surface area contributed by atoms with E-state index < -0.39 is 42.3 Å². The molecule has 0 radical (unpaired) electrons. The van der Waals surface area contributed by atoms with Gasteiger partial charge >= 0.3 is 0 Å². The smallest absolute Gasteiger partial charge is 0.226 e. The number of rotatable bonds is 10. The van der Waals surface area contributed by atoms with Gasteiger partial charge < -0.3 is 30.6 Å². The lowest BCUT2D eigenvalue weighted by Crippen LogP contribution is -2.57. The number of hydrazine groups is 1. The molecule has 1 aliphatic rings. The quantitative estimate of drug-likeness (QED) is 0.213. The molecule has 0 aromatic heterocycles. The molecule has 37 heavy (non-hydrogen) atoms. The van der Waals surface area contributed by atoms with Crippen LogP contribution in [0.25, 0.3) is 5.70 Å². The summed E-state index contributed by atoms with van der Waals surface area (Å²) in [6, 6.07) is 10.2. The predicted octanol–water partition coefficient (Wildman–Crippen LogP) is 1.90. The van der Waals surface area contributed by atoms with Crippen LogP contribution in [0.4, 0.5) is 13.2 Å². The molecule has 4 unspecified atom stereocenters. The number of hydrogen-bond donors (Lipinski definition) is 4. The van der Waals surface area contributed by atoms with E-state index in [1.165, 1.54) is 6.20 Å². The number of aliphatic hydroxyl groups is 2. The first-order valence-electron chi connectivity index (χ1n) is 12.0. The van der Waals surface area contributed by atoms with Crippen molar-refractivity contribution in [1.82, 2.24) is 9.91 Å². The van der Waals surface area contributed by atoms with Gasteiger partial charge in [0.1, 0.15) is 12.2 Å². The van der Waals surface area contributed by atoms with Gasteiger partial charge in [-0.3, -0.25) is 4.79 Å². The average Bonchev–Trinajstić information content (AvgIpc) is 2.88. The normalized spacial score (nSPS) is 22.1. The summed E-state index contributed by atoms with van der Waals surface area (Å²) in [5, 5.41) is 21.5. The molecule has 11 heteroatoms. The molecule has 1 heterocycles. The van der Waals surface area contributed by atoms with E-state index in [4.69, 9.17) is 16.3 Å². The zero-order valence-corrected chi connectivity index (χ0v) is 20.6. The third-order valence-corrected chi connectivity index (χ3v) is 6.46. The summed E-state index contributed by atoms with van der Waals surface area (Å²) in [4.78, 5) is 14.1. The number of amides is 1. The molecule has 2 aromatic rings. The molecule has 1 saturated heterocycles. The van der Waals surface area contributed by atoms with E-state index in [0.717, 1.165) is 22.7 Å². The molecule has 1 aliphatic heterocycles. The number of likely N-dealkylation sites (N-methyl/N-ethyl adjacent to an activating group) is 1. The molecule has 4 atom stereocenters. The fourth-order valence-electron chi connectivity index (χ4n) is 4.31. The third kappa shape index (κ3) is 7.45. The van der Waals surface area contributed by atoms with Crippen LogP contribution in [0.2, 0.25) is 0 Å². The first-order valence-corrected chi connectivity index (χ1v) is 12.0. The molecule has 1 amide bonds. The highest BCUT2D eigenvalue weighted by Gasteiger charge is 2.39. The molecule has 202 valence electrons. The first-order chi connectivity index (χ1) is 17.6.